The van der Waals surface area contributed by atoms with Gasteiger partial charge in [-0.3, -0.25) is 20.5 Å². The molecule has 9 heteroatoms. The number of rotatable bonds is 8. The predicted molar refractivity (Wildman–Crippen MR) is 117 cm³/mol. The Labute approximate surface area is 184 Å². The zero-order valence-corrected chi connectivity index (χ0v) is 18.7. The molecule has 1 aliphatic heterocycles. The Bertz CT molecular complexity index is 586. The number of guanidine groups is 1. The summed E-state index contributed by atoms with van der Waals surface area (Å²) in [6, 6.07) is 0.269. The number of aliphatic imine (C=N–C) groups is 1. The molecule has 0 aromatic heterocycles. The monoisotopic (exact) mass is 443 g/mol. The normalized spacial score (nSPS) is 34.5. The number of nitrogens with one attached hydrogen (secondary N) is 4. The number of carbonyl (C=O) groups is 1. The van der Waals surface area contributed by atoms with Crippen molar-refractivity contribution in [3.05, 3.63) is 0 Å². The Kier molecular flexibility index (Phi) is 9.93. The van der Waals surface area contributed by atoms with Crippen LogP contribution in [0.3, 0.4) is 0 Å². The van der Waals surface area contributed by atoms with Crippen LogP contribution >= 0.6 is 0 Å². The summed E-state index contributed by atoms with van der Waals surface area (Å²) in [6.45, 7) is 3.77. The van der Waals surface area contributed by atoms with Crippen molar-refractivity contribution in [2.45, 2.75) is 95.7 Å². The van der Waals surface area contributed by atoms with Crippen molar-refractivity contribution < 1.29 is 18.3 Å². The zero-order chi connectivity index (χ0) is 22.1. The number of halogens is 2. The molecule has 1 heterocycles. The SMILES string of the molecule is CCOCCCN=C(NC(=O)C1CCCC(F)C1)NC1CC(C2CCC(F)CC2)NN1. The highest BCUT2D eigenvalue weighted by molar-refractivity contribution is 5.98. The maximum atomic E-state index is 13.7. The van der Waals surface area contributed by atoms with E-state index < -0.39 is 12.3 Å². The molecule has 0 bridgehead atoms. The van der Waals surface area contributed by atoms with E-state index in [1.54, 1.807) is 0 Å². The first-order valence-electron chi connectivity index (χ1n) is 12.0. The highest BCUT2D eigenvalue weighted by atomic mass is 19.1. The molecule has 178 valence electrons. The summed E-state index contributed by atoms with van der Waals surface area (Å²) in [5.41, 5.74) is 6.58. The Morgan fingerprint density at radius 3 is 2.61 bits per heavy atom. The van der Waals surface area contributed by atoms with Crippen molar-refractivity contribution in [1.82, 2.24) is 21.5 Å². The van der Waals surface area contributed by atoms with Crippen LogP contribution in [0.15, 0.2) is 4.99 Å². The molecule has 4 unspecified atom stereocenters. The molecule has 7 nitrogen and oxygen atoms in total. The third kappa shape index (κ3) is 7.95. The second kappa shape index (κ2) is 12.6. The number of ether oxygens (including phenoxy) is 1. The van der Waals surface area contributed by atoms with Gasteiger partial charge in [0.15, 0.2) is 5.96 Å². The summed E-state index contributed by atoms with van der Waals surface area (Å²) in [4.78, 5) is 17.3. The van der Waals surface area contributed by atoms with E-state index in [9.17, 15) is 13.6 Å². The van der Waals surface area contributed by atoms with E-state index >= 15 is 0 Å². The van der Waals surface area contributed by atoms with Crippen molar-refractivity contribution in [2.24, 2.45) is 16.8 Å². The summed E-state index contributed by atoms with van der Waals surface area (Å²) in [6.07, 6.45) is 5.30. The Hall–Kier alpha value is -1.32. The van der Waals surface area contributed by atoms with Crippen LogP contribution in [0.2, 0.25) is 0 Å². The number of alkyl halides is 2. The van der Waals surface area contributed by atoms with Gasteiger partial charge >= 0.3 is 0 Å². The molecule has 31 heavy (non-hydrogen) atoms. The summed E-state index contributed by atoms with van der Waals surface area (Å²) < 4.78 is 32.6. The largest absolute Gasteiger partial charge is 0.382 e. The molecule has 4 N–H and O–H groups in total. The first kappa shape index (κ1) is 24.3. The Morgan fingerprint density at radius 1 is 1.06 bits per heavy atom. The number of nitrogens with zero attached hydrogens (tertiary/aromatic N) is 1. The van der Waals surface area contributed by atoms with Gasteiger partial charge in [-0.2, -0.15) is 0 Å². The van der Waals surface area contributed by atoms with E-state index in [1.165, 1.54) is 0 Å². The van der Waals surface area contributed by atoms with Crippen LogP contribution in [0.1, 0.15) is 71.1 Å². The first-order chi connectivity index (χ1) is 15.0. The number of hydrogen-bond acceptors (Lipinski definition) is 5. The van der Waals surface area contributed by atoms with Gasteiger partial charge in [0.1, 0.15) is 12.3 Å². The molecule has 3 fully saturated rings. The van der Waals surface area contributed by atoms with Crippen molar-refractivity contribution in [3.8, 4) is 0 Å². The van der Waals surface area contributed by atoms with Crippen molar-refractivity contribution in [3.63, 3.8) is 0 Å². The fourth-order valence-corrected chi connectivity index (χ4v) is 4.84. The molecular formula is C22H39F2N5O2. The van der Waals surface area contributed by atoms with Gasteiger partial charge in [-0.05, 0) is 77.0 Å². The predicted octanol–water partition coefficient (Wildman–Crippen LogP) is 2.72. The Balaban J connectivity index is 1.52. The minimum absolute atomic E-state index is 0.0840. The number of hydrogen-bond donors (Lipinski definition) is 4. The minimum Gasteiger partial charge on any atom is -0.382 e. The summed E-state index contributed by atoms with van der Waals surface area (Å²) in [5.74, 6) is 0.408. The average molecular weight is 444 g/mol. The Morgan fingerprint density at radius 2 is 1.87 bits per heavy atom. The van der Waals surface area contributed by atoms with Crippen LogP contribution in [-0.4, -0.2) is 56.2 Å². The molecule has 2 saturated carbocycles. The lowest BCUT2D eigenvalue weighted by atomic mass is 9.82. The summed E-state index contributed by atoms with van der Waals surface area (Å²) in [5, 5.41) is 6.20. The lowest BCUT2D eigenvalue weighted by molar-refractivity contribution is -0.125. The average Bonchev–Trinajstić information content (AvgIpc) is 3.22. The molecule has 0 spiro atoms. The van der Waals surface area contributed by atoms with Gasteiger partial charge in [0.05, 0.1) is 6.17 Å². The van der Waals surface area contributed by atoms with Crippen molar-refractivity contribution >= 4 is 11.9 Å². The van der Waals surface area contributed by atoms with Gasteiger partial charge in [-0.15, -0.1) is 0 Å². The highest BCUT2D eigenvalue weighted by Crippen LogP contribution is 2.31. The number of hydrazine groups is 1. The van der Waals surface area contributed by atoms with Gasteiger partial charge in [-0.25, -0.2) is 14.2 Å². The minimum atomic E-state index is -0.898. The number of amides is 1. The van der Waals surface area contributed by atoms with Crippen LogP contribution in [0.25, 0.3) is 0 Å². The molecule has 0 radical (unpaired) electrons. The fourth-order valence-electron chi connectivity index (χ4n) is 4.84. The van der Waals surface area contributed by atoms with E-state index in [1.807, 2.05) is 6.92 Å². The maximum absolute atomic E-state index is 13.7. The second-order valence-corrected chi connectivity index (χ2v) is 9.07. The lowest BCUT2D eigenvalue weighted by Gasteiger charge is -2.28. The third-order valence-corrected chi connectivity index (χ3v) is 6.66. The quantitative estimate of drug-likeness (QED) is 0.263. The second-order valence-electron chi connectivity index (χ2n) is 9.07. The van der Waals surface area contributed by atoms with Crippen LogP contribution in [-0.2, 0) is 9.53 Å². The maximum Gasteiger partial charge on any atom is 0.229 e. The van der Waals surface area contributed by atoms with Gasteiger partial charge in [0.25, 0.3) is 0 Å². The van der Waals surface area contributed by atoms with Crippen LogP contribution in [0.5, 0.6) is 0 Å². The molecule has 2 aliphatic carbocycles. The van der Waals surface area contributed by atoms with Crippen molar-refractivity contribution in [2.75, 3.05) is 19.8 Å². The molecule has 3 rings (SSSR count). The smallest absolute Gasteiger partial charge is 0.229 e. The van der Waals surface area contributed by atoms with E-state index in [0.717, 1.165) is 32.1 Å². The zero-order valence-electron chi connectivity index (χ0n) is 18.7. The topological polar surface area (TPSA) is 86.8 Å². The molecule has 3 aliphatic rings. The fraction of sp³-hybridized carbons (Fsp3) is 0.909. The van der Waals surface area contributed by atoms with Crippen molar-refractivity contribution in [1.29, 1.82) is 0 Å². The highest BCUT2D eigenvalue weighted by Gasteiger charge is 2.34. The molecule has 4 atom stereocenters. The number of carbonyl (C=O) groups excluding carboxylic acids is 1. The first-order valence-corrected chi connectivity index (χ1v) is 12.0. The molecule has 1 saturated heterocycles. The standard InChI is InChI=1S/C22H39F2N5O2/c1-2-31-12-4-11-25-22(27-21(30)16-5-3-6-18(24)13-16)26-20-14-19(28-29-20)15-7-9-17(23)10-8-15/h15-20,28-29H,2-14H2,1H3,(H2,25,26,27,30). The van der Waals surface area contributed by atoms with Crippen LogP contribution < -0.4 is 21.5 Å². The van der Waals surface area contributed by atoms with Crippen LogP contribution in [0, 0.1) is 11.8 Å². The third-order valence-electron chi connectivity index (χ3n) is 6.66. The molecule has 0 aromatic carbocycles. The summed E-state index contributed by atoms with van der Waals surface area (Å²) in [7, 11) is 0. The molecule has 1 amide bonds. The van der Waals surface area contributed by atoms with Gasteiger partial charge in [-0.1, -0.05) is 0 Å². The van der Waals surface area contributed by atoms with E-state index in [0.29, 0.717) is 57.3 Å². The lowest BCUT2D eigenvalue weighted by Crippen LogP contribution is -2.52. The van der Waals surface area contributed by atoms with E-state index in [4.69, 9.17) is 4.74 Å². The molecule has 0 aromatic rings. The van der Waals surface area contributed by atoms with Gasteiger partial charge in [0.2, 0.25) is 5.91 Å². The van der Waals surface area contributed by atoms with Gasteiger partial charge in [0, 0.05) is 31.7 Å². The van der Waals surface area contributed by atoms with E-state index in [-0.39, 0.29) is 30.5 Å². The van der Waals surface area contributed by atoms with Crippen LogP contribution in [0.4, 0.5) is 8.78 Å². The van der Waals surface area contributed by atoms with E-state index in [2.05, 4.69) is 26.5 Å². The molecular weight excluding hydrogens is 404 g/mol. The van der Waals surface area contributed by atoms with Gasteiger partial charge < -0.3 is 10.1 Å². The summed E-state index contributed by atoms with van der Waals surface area (Å²) >= 11 is 0.